The summed E-state index contributed by atoms with van der Waals surface area (Å²) in [5.74, 6) is -1.58. The van der Waals surface area contributed by atoms with Gasteiger partial charge >= 0.3 is 0 Å². The Labute approximate surface area is 174 Å². The smallest absolute Gasteiger partial charge is 0.271 e. The van der Waals surface area contributed by atoms with Gasteiger partial charge in [-0.3, -0.25) is 4.79 Å². The molecule has 10 heteroatoms. The summed E-state index contributed by atoms with van der Waals surface area (Å²) in [4.78, 5) is 21.1. The van der Waals surface area contributed by atoms with Crippen LogP contribution in [-0.2, 0) is 0 Å². The topological polar surface area (TPSA) is 78.5 Å². The van der Waals surface area contributed by atoms with Crippen molar-refractivity contribution in [2.24, 2.45) is 0 Å². The van der Waals surface area contributed by atoms with E-state index >= 15 is 4.39 Å². The Kier molecular flexibility index (Phi) is 5.37. The first-order valence-corrected chi connectivity index (χ1v) is 9.24. The zero-order chi connectivity index (χ0) is 20.4. The molecule has 2 unspecified atom stereocenters. The maximum Gasteiger partial charge on any atom is 0.271 e. The van der Waals surface area contributed by atoms with E-state index in [9.17, 15) is 4.79 Å². The van der Waals surface area contributed by atoms with Crippen molar-refractivity contribution in [3.63, 3.8) is 0 Å². The van der Waals surface area contributed by atoms with Crippen molar-refractivity contribution in [3.8, 4) is 5.95 Å². The fraction of sp³-hybridized carbons (Fsp3) is 0.105. The summed E-state index contributed by atoms with van der Waals surface area (Å²) in [6.45, 7) is 0. The maximum absolute atomic E-state index is 15.7. The minimum atomic E-state index is -1.87. The quantitative estimate of drug-likeness (QED) is 0.426. The minimum Gasteiger partial charge on any atom is -0.293 e. The Hall–Kier alpha value is -3.10. The summed E-state index contributed by atoms with van der Waals surface area (Å²) in [6, 6.07) is 13.0. The van der Waals surface area contributed by atoms with Gasteiger partial charge in [-0.05, 0) is 17.7 Å². The van der Waals surface area contributed by atoms with Gasteiger partial charge in [-0.2, -0.15) is 14.8 Å². The van der Waals surface area contributed by atoms with Gasteiger partial charge in [0.1, 0.15) is 24.9 Å². The Morgan fingerprint density at radius 3 is 2.55 bits per heavy atom. The lowest BCUT2D eigenvalue weighted by molar-refractivity contribution is 0.0838. The average Bonchev–Trinajstić information content (AvgIpc) is 3.42. The number of Topliss-reactive ketones (excluding diaryl/α,β-unsaturated/α-hetero) is 1. The van der Waals surface area contributed by atoms with E-state index in [1.54, 1.807) is 36.4 Å². The highest BCUT2D eigenvalue weighted by Crippen LogP contribution is 2.37. The van der Waals surface area contributed by atoms with Crippen molar-refractivity contribution in [1.29, 1.82) is 0 Å². The fourth-order valence-electron chi connectivity index (χ4n) is 2.90. The van der Waals surface area contributed by atoms with Gasteiger partial charge < -0.3 is 0 Å². The number of benzene rings is 2. The molecule has 0 saturated carbocycles. The van der Waals surface area contributed by atoms with Gasteiger partial charge in [0.05, 0.1) is 0 Å². The third-order valence-electron chi connectivity index (χ3n) is 4.29. The van der Waals surface area contributed by atoms with Gasteiger partial charge in [0.15, 0.2) is 5.78 Å². The molecule has 4 aromatic rings. The molecule has 0 radical (unpaired) electrons. The third-order valence-corrected chi connectivity index (χ3v) is 4.85. The zero-order valence-electron chi connectivity index (χ0n) is 14.7. The molecule has 2 aromatic carbocycles. The first-order valence-electron chi connectivity index (χ1n) is 8.49. The molecule has 2 atom stereocenters. The molecule has 0 aliphatic rings. The van der Waals surface area contributed by atoms with Crippen molar-refractivity contribution < 1.29 is 9.18 Å². The van der Waals surface area contributed by atoms with Crippen LogP contribution in [0.1, 0.15) is 28.1 Å². The standard InChI is InChI=1S/C19H13Cl2FN6O/c20-13-6-7-14(15(21)8-13)16(17(29)12-4-2-1-3-5-12)18(22)27-11-24-19(26-27)28-10-23-9-25-28/h1-11,16,18H. The first-order chi connectivity index (χ1) is 14.0. The average molecular weight is 431 g/mol. The van der Waals surface area contributed by atoms with Crippen LogP contribution in [0.15, 0.2) is 67.5 Å². The van der Waals surface area contributed by atoms with Crippen LogP contribution in [0.3, 0.4) is 0 Å². The van der Waals surface area contributed by atoms with Gasteiger partial charge in [-0.1, -0.05) is 59.6 Å². The number of carbonyl (C=O) groups excluding carboxylic acids is 1. The van der Waals surface area contributed by atoms with Gasteiger partial charge in [-0.15, -0.1) is 5.10 Å². The Bertz CT molecular complexity index is 1130. The molecule has 0 saturated heterocycles. The number of hydrogen-bond donors (Lipinski definition) is 0. The van der Waals surface area contributed by atoms with Crippen LogP contribution in [0.2, 0.25) is 10.0 Å². The molecule has 2 heterocycles. The van der Waals surface area contributed by atoms with E-state index < -0.39 is 18.0 Å². The number of alkyl halides is 1. The number of carbonyl (C=O) groups is 1. The van der Waals surface area contributed by atoms with Crippen LogP contribution < -0.4 is 0 Å². The molecular formula is C19H13Cl2FN6O. The van der Waals surface area contributed by atoms with E-state index in [2.05, 4.69) is 20.2 Å². The predicted octanol–water partition coefficient (Wildman–Crippen LogP) is 4.30. The number of ketones is 1. The Morgan fingerprint density at radius 2 is 1.86 bits per heavy atom. The molecule has 0 amide bonds. The van der Waals surface area contributed by atoms with Gasteiger partial charge in [0.2, 0.25) is 6.30 Å². The van der Waals surface area contributed by atoms with Gasteiger partial charge in [-0.25, -0.2) is 14.1 Å². The molecule has 0 fully saturated rings. The number of nitrogens with zero attached hydrogens (tertiary/aromatic N) is 6. The second-order valence-corrected chi connectivity index (χ2v) is 6.95. The number of rotatable bonds is 6. The van der Waals surface area contributed by atoms with E-state index in [0.717, 1.165) is 4.68 Å². The van der Waals surface area contributed by atoms with E-state index in [1.807, 2.05) is 0 Å². The largest absolute Gasteiger partial charge is 0.293 e. The molecule has 0 N–H and O–H groups in total. The maximum atomic E-state index is 15.7. The lowest BCUT2D eigenvalue weighted by Crippen LogP contribution is -2.23. The molecule has 29 heavy (non-hydrogen) atoms. The third kappa shape index (κ3) is 3.90. The molecule has 7 nitrogen and oxygen atoms in total. The highest BCUT2D eigenvalue weighted by atomic mass is 35.5. The van der Waals surface area contributed by atoms with Crippen molar-refractivity contribution >= 4 is 29.0 Å². The van der Waals surface area contributed by atoms with E-state index in [1.165, 1.54) is 35.8 Å². The zero-order valence-corrected chi connectivity index (χ0v) is 16.2. The van der Waals surface area contributed by atoms with Crippen LogP contribution in [0.4, 0.5) is 4.39 Å². The summed E-state index contributed by atoms with van der Waals surface area (Å²) < 4.78 is 17.9. The van der Waals surface area contributed by atoms with Crippen LogP contribution in [0.25, 0.3) is 5.95 Å². The van der Waals surface area contributed by atoms with E-state index in [-0.39, 0.29) is 11.0 Å². The molecule has 0 spiro atoms. The molecule has 0 aliphatic heterocycles. The van der Waals surface area contributed by atoms with Crippen molar-refractivity contribution in [2.45, 2.75) is 12.2 Å². The molecular weight excluding hydrogens is 418 g/mol. The van der Waals surface area contributed by atoms with Crippen LogP contribution in [0.5, 0.6) is 0 Å². The lowest BCUT2D eigenvalue weighted by Gasteiger charge is -2.21. The Balaban J connectivity index is 1.76. The number of hydrogen-bond acceptors (Lipinski definition) is 5. The van der Waals surface area contributed by atoms with Crippen LogP contribution in [0, 0.1) is 0 Å². The van der Waals surface area contributed by atoms with Crippen molar-refractivity contribution in [2.75, 3.05) is 0 Å². The van der Waals surface area contributed by atoms with Gasteiger partial charge in [0, 0.05) is 15.6 Å². The predicted molar refractivity (Wildman–Crippen MR) is 105 cm³/mol. The normalized spacial score (nSPS) is 13.2. The summed E-state index contributed by atoms with van der Waals surface area (Å²) in [6.07, 6.45) is 2.01. The summed E-state index contributed by atoms with van der Waals surface area (Å²) in [7, 11) is 0. The second-order valence-electron chi connectivity index (χ2n) is 6.11. The highest BCUT2D eigenvalue weighted by Gasteiger charge is 2.34. The molecule has 0 aliphatic carbocycles. The fourth-order valence-corrected chi connectivity index (χ4v) is 3.43. The highest BCUT2D eigenvalue weighted by molar-refractivity contribution is 6.35. The number of aromatic nitrogens is 6. The van der Waals surface area contributed by atoms with Crippen LogP contribution in [-0.4, -0.2) is 35.3 Å². The monoisotopic (exact) mass is 430 g/mol. The molecule has 2 aromatic heterocycles. The SMILES string of the molecule is O=C(c1ccccc1)C(c1ccc(Cl)cc1Cl)C(F)n1cnc(-n2cncn2)n1. The summed E-state index contributed by atoms with van der Waals surface area (Å²) in [5.41, 5.74) is 0.651. The molecule has 0 bridgehead atoms. The Morgan fingerprint density at radius 1 is 1.07 bits per heavy atom. The molecule has 4 rings (SSSR count). The van der Waals surface area contributed by atoms with Crippen molar-refractivity contribution in [3.05, 3.63) is 88.7 Å². The minimum absolute atomic E-state index is 0.123. The first kappa shape index (κ1) is 19.2. The number of halogens is 3. The van der Waals surface area contributed by atoms with E-state index in [0.29, 0.717) is 16.1 Å². The second kappa shape index (κ2) is 8.10. The van der Waals surface area contributed by atoms with E-state index in [4.69, 9.17) is 23.2 Å². The lowest BCUT2D eigenvalue weighted by atomic mass is 9.89. The summed E-state index contributed by atoms with van der Waals surface area (Å²) >= 11 is 12.3. The molecule has 146 valence electrons. The van der Waals surface area contributed by atoms with Crippen LogP contribution >= 0.6 is 23.2 Å². The van der Waals surface area contributed by atoms with Crippen molar-refractivity contribution in [1.82, 2.24) is 29.5 Å². The summed E-state index contributed by atoms with van der Waals surface area (Å²) in [5, 5.41) is 8.57. The van der Waals surface area contributed by atoms with Gasteiger partial charge in [0.25, 0.3) is 5.95 Å².